The fourth-order valence-corrected chi connectivity index (χ4v) is 12.0. The van der Waals surface area contributed by atoms with Crippen molar-refractivity contribution in [2.45, 2.75) is 69.2 Å². The molecule has 3 aliphatic heterocycles. The van der Waals surface area contributed by atoms with Gasteiger partial charge >= 0.3 is 0 Å². The molecule has 5 unspecified atom stereocenters. The van der Waals surface area contributed by atoms with Crippen LogP contribution >= 0.6 is 0 Å². The molecule has 12 rings (SSSR count). The average molecular weight is 686 g/mol. The van der Waals surface area contributed by atoms with Crippen LogP contribution in [0.2, 0.25) is 0 Å². The number of fused-ring (bicyclic) bond motifs is 9. The zero-order valence-corrected chi connectivity index (χ0v) is 30.2. The molecule has 0 amide bonds. The first-order valence-electron chi connectivity index (χ1n) is 20.3. The van der Waals surface area contributed by atoms with Gasteiger partial charge in [-0.05, 0) is 144 Å². The summed E-state index contributed by atoms with van der Waals surface area (Å²) < 4.78 is 0. The van der Waals surface area contributed by atoms with E-state index in [0.717, 1.165) is 11.8 Å². The molecule has 3 saturated carbocycles. The Balaban J connectivity index is 1.17. The highest BCUT2D eigenvalue weighted by Crippen LogP contribution is 2.56. The van der Waals surface area contributed by atoms with Gasteiger partial charge in [0.05, 0.1) is 0 Å². The van der Waals surface area contributed by atoms with Gasteiger partial charge in [0.2, 0.25) is 0 Å². The normalized spacial score (nSPS) is 24.4. The third-order valence-electron chi connectivity index (χ3n) is 14.1. The first-order chi connectivity index (χ1) is 26.3. The van der Waals surface area contributed by atoms with E-state index >= 15 is 0 Å². The Kier molecular flexibility index (Phi) is 6.65. The molecular formula is C49H44BN3. The van der Waals surface area contributed by atoms with Crippen molar-refractivity contribution in [1.29, 1.82) is 0 Å². The molecule has 6 aromatic carbocycles. The quantitative estimate of drug-likeness (QED) is 0.171. The minimum atomic E-state index is 0.130. The Bertz CT molecular complexity index is 2380. The summed E-state index contributed by atoms with van der Waals surface area (Å²) in [6.45, 7) is 0.130. The van der Waals surface area contributed by atoms with Gasteiger partial charge in [0.15, 0.2) is 0 Å². The molecule has 0 N–H and O–H groups in total. The zero-order chi connectivity index (χ0) is 34.6. The second-order valence-electron chi connectivity index (χ2n) is 16.7. The Morgan fingerprint density at radius 1 is 0.472 bits per heavy atom. The summed E-state index contributed by atoms with van der Waals surface area (Å²) >= 11 is 0. The third-order valence-corrected chi connectivity index (χ3v) is 14.1. The molecule has 53 heavy (non-hydrogen) atoms. The number of anilines is 8. The van der Waals surface area contributed by atoms with E-state index < -0.39 is 0 Å². The predicted octanol–water partition coefficient (Wildman–Crippen LogP) is 10.9. The van der Waals surface area contributed by atoms with Crippen molar-refractivity contribution in [1.82, 2.24) is 0 Å². The van der Waals surface area contributed by atoms with Crippen LogP contribution in [0.25, 0.3) is 0 Å². The maximum Gasteiger partial charge on any atom is 0.252 e. The summed E-state index contributed by atoms with van der Waals surface area (Å²) in [6.07, 6.45) is 10.7. The number of hydrogen-bond donors (Lipinski definition) is 0. The number of nitrogens with zero attached hydrogens (tertiary/aromatic N) is 3. The van der Waals surface area contributed by atoms with Crippen LogP contribution in [0.15, 0.2) is 140 Å². The number of hydrogen-bond acceptors (Lipinski definition) is 3. The largest absolute Gasteiger partial charge is 0.338 e. The van der Waals surface area contributed by atoms with E-state index in [2.05, 4.69) is 154 Å². The number of para-hydroxylation sites is 4. The molecule has 3 heterocycles. The average Bonchev–Trinajstić information content (AvgIpc) is 3.95. The van der Waals surface area contributed by atoms with Crippen LogP contribution in [0.3, 0.4) is 0 Å². The molecular weight excluding hydrogens is 641 g/mol. The lowest BCUT2D eigenvalue weighted by Crippen LogP contribution is -2.61. The van der Waals surface area contributed by atoms with Crippen LogP contribution in [-0.4, -0.2) is 12.8 Å². The van der Waals surface area contributed by atoms with Gasteiger partial charge in [0, 0.05) is 57.5 Å². The Labute approximate surface area is 314 Å². The molecule has 0 spiro atoms. The lowest BCUT2D eigenvalue weighted by Gasteiger charge is -2.45. The Morgan fingerprint density at radius 2 is 1.11 bits per heavy atom. The number of benzene rings is 6. The second kappa shape index (κ2) is 11.6. The van der Waals surface area contributed by atoms with Crippen LogP contribution in [-0.2, 0) is 0 Å². The van der Waals surface area contributed by atoms with Crippen molar-refractivity contribution < 1.29 is 0 Å². The van der Waals surface area contributed by atoms with Gasteiger partial charge in [-0.1, -0.05) is 92.1 Å². The molecule has 258 valence electrons. The summed E-state index contributed by atoms with van der Waals surface area (Å²) in [6, 6.07) is 54.0. The first kappa shape index (κ1) is 30.3. The van der Waals surface area contributed by atoms with Gasteiger partial charge in [0.1, 0.15) is 0 Å². The Hall–Kier alpha value is -5.22. The molecule has 0 saturated heterocycles. The van der Waals surface area contributed by atoms with Crippen molar-refractivity contribution >= 4 is 68.6 Å². The molecule has 3 aliphatic carbocycles. The van der Waals surface area contributed by atoms with Gasteiger partial charge in [-0.3, -0.25) is 0 Å². The highest BCUT2D eigenvalue weighted by atomic mass is 15.2. The fraction of sp³-hybridized carbons (Fsp3) is 0.265. The van der Waals surface area contributed by atoms with Crippen LogP contribution in [0.4, 0.5) is 45.5 Å². The van der Waals surface area contributed by atoms with E-state index in [-0.39, 0.29) is 6.71 Å². The van der Waals surface area contributed by atoms with Crippen molar-refractivity contribution in [3.8, 4) is 0 Å². The molecule has 6 aliphatic rings. The topological polar surface area (TPSA) is 9.72 Å². The first-order valence-corrected chi connectivity index (χ1v) is 20.3. The van der Waals surface area contributed by atoms with E-state index in [9.17, 15) is 0 Å². The minimum Gasteiger partial charge on any atom is -0.338 e. The number of rotatable bonds is 4. The lowest BCUT2D eigenvalue weighted by atomic mass is 9.33. The molecule has 5 atom stereocenters. The molecule has 3 nitrogen and oxygen atoms in total. The monoisotopic (exact) mass is 685 g/mol. The van der Waals surface area contributed by atoms with Gasteiger partial charge < -0.3 is 14.7 Å². The molecule has 3 fully saturated rings. The summed E-state index contributed by atoms with van der Waals surface area (Å²) in [5.41, 5.74) is 18.0. The van der Waals surface area contributed by atoms with E-state index in [1.54, 1.807) is 5.56 Å². The van der Waals surface area contributed by atoms with Gasteiger partial charge in [0.25, 0.3) is 6.71 Å². The predicted molar refractivity (Wildman–Crippen MR) is 222 cm³/mol. The van der Waals surface area contributed by atoms with E-state index in [4.69, 9.17) is 0 Å². The smallest absolute Gasteiger partial charge is 0.252 e. The summed E-state index contributed by atoms with van der Waals surface area (Å²) in [5.74, 6) is 2.87. The maximum atomic E-state index is 2.73. The van der Waals surface area contributed by atoms with Crippen molar-refractivity contribution in [2.24, 2.45) is 11.8 Å². The van der Waals surface area contributed by atoms with E-state index in [1.807, 2.05) is 0 Å². The van der Waals surface area contributed by atoms with Crippen LogP contribution in [0, 0.1) is 11.8 Å². The van der Waals surface area contributed by atoms with Crippen molar-refractivity contribution in [2.75, 3.05) is 14.7 Å². The van der Waals surface area contributed by atoms with Crippen LogP contribution < -0.4 is 31.1 Å². The highest BCUT2D eigenvalue weighted by Gasteiger charge is 2.48. The minimum absolute atomic E-state index is 0.130. The summed E-state index contributed by atoms with van der Waals surface area (Å²) in [5, 5.41) is 0. The molecule has 0 radical (unpaired) electrons. The second-order valence-corrected chi connectivity index (χ2v) is 16.7. The lowest BCUT2D eigenvalue weighted by molar-refractivity contribution is 0.402. The molecule has 6 aromatic rings. The van der Waals surface area contributed by atoms with Crippen LogP contribution in [0.1, 0.15) is 74.3 Å². The standard InChI is InChI=1S/C49H44BN3/c1-4-14-35(15-5-1)51-43-22-12-10-20-38(43)40-30-46-42(31-45(40)51)50-41-21-11-13-23-44(41)52(36-16-6-2-7-17-36)47-28-34(39-27-32-24-25-33(39)26-32)29-48(49(47)50)53(46)37-18-8-3-9-19-37/h1-9,11,13-19,21,23,28-33,38-39,43H,10,12,20,22,24-27H2. The maximum absolute atomic E-state index is 2.73. The fourth-order valence-electron chi connectivity index (χ4n) is 12.0. The van der Waals surface area contributed by atoms with Crippen LogP contribution in [0.5, 0.6) is 0 Å². The van der Waals surface area contributed by atoms with Gasteiger partial charge in [-0.15, -0.1) is 0 Å². The van der Waals surface area contributed by atoms with Gasteiger partial charge in [-0.25, -0.2) is 0 Å². The summed E-state index contributed by atoms with van der Waals surface area (Å²) in [4.78, 5) is 7.99. The van der Waals surface area contributed by atoms with Gasteiger partial charge in [-0.2, -0.15) is 0 Å². The van der Waals surface area contributed by atoms with Crippen molar-refractivity contribution in [3.63, 3.8) is 0 Å². The molecule has 4 heteroatoms. The Morgan fingerprint density at radius 3 is 1.79 bits per heavy atom. The molecule has 2 bridgehead atoms. The molecule has 0 aromatic heterocycles. The summed E-state index contributed by atoms with van der Waals surface area (Å²) in [7, 11) is 0. The van der Waals surface area contributed by atoms with Crippen molar-refractivity contribution in [3.05, 3.63) is 151 Å². The zero-order valence-electron chi connectivity index (χ0n) is 30.2. The SMILES string of the molecule is c1ccc(N2c3ccccc3B3c4cc5c(cc4N(c4ccccc4)c4cc(C6CC7CCC6C7)cc2c43)C2CCCCC2N5c2ccccc2)cc1. The van der Waals surface area contributed by atoms with E-state index in [0.29, 0.717) is 17.9 Å². The third kappa shape index (κ3) is 4.42. The highest BCUT2D eigenvalue weighted by molar-refractivity contribution is 7.00. The van der Waals surface area contributed by atoms with E-state index in [1.165, 1.54) is 119 Å².